The molecule has 1 aliphatic heterocycles. The lowest BCUT2D eigenvalue weighted by molar-refractivity contribution is 0.613. The van der Waals surface area contributed by atoms with Crippen molar-refractivity contribution in [2.75, 3.05) is 13.1 Å². The molecule has 1 saturated heterocycles. The van der Waals surface area contributed by atoms with Gasteiger partial charge < -0.3 is 20.6 Å². The standard InChI is InChI=1S/C30H33N7/c1-2-3-14-31-19-28-34-18-27(36-28)24-13-12-22(23-6-4-16-33-29(23)24)20-8-10-21(11-9-20)26-17-35-30(37-26)25-7-5-15-32-25/h4,6,8-13,16-18,25,31-32H,2-3,5,7,14-15,19H2,1H3,(H,34,36)(H,35,37). The monoisotopic (exact) mass is 491 g/mol. The molecule has 37 heavy (non-hydrogen) atoms. The number of imidazole rings is 2. The Hall–Kier alpha value is -3.81. The molecule has 188 valence electrons. The number of nitrogens with zero attached hydrogens (tertiary/aromatic N) is 3. The Balaban J connectivity index is 1.26. The zero-order chi connectivity index (χ0) is 25.0. The van der Waals surface area contributed by atoms with Crippen LogP contribution in [0.5, 0.6) is 0 Å². The van der Waals surface area contributed by atoms with E-state index in [1.807, 2.05) is 24.7 Å². The smallest absolute Gasteiger partial charge is 0.123 e. The Bertz CT molecular complexity index is 1480. The zero-order valence-corrected chi connectivity index (χ0v) is 21.2. The first kappa shape index (κ1) is 23.6. The second-order valence-electron chi connectivity index (χ2n) is 9.74. The van der Waals surface area contributed by atoms with E-state index in [1.54, 1.807) is 0 Å². The second kappa shape index (κ2) is 10.7. The van der Waals surface area contributed by atoms with E-state index in [0.717, 1.165) is 76.7 Å². The number of aromatic amines is 2. The molecule has 0 saturated carbocycles. The summed E-state index contributed by atoms with van der Waals surface area (Å²) in [6, 6.07) is 17.5. The summed E-state index contributed by atoms with van der Waals surface area (Å²) in [5.74, 6) is 1.98. The summed E-state index contributed by atoms with van der Waals surface area (Å²) in [6.45, 7) is 5.01. The number of rotatable bonds is 9. The molecule has 7 heteroatoms. The highest BCUT2D eigenvalue weighted by Gasteiger charge is 2.19. The first-order valence-electron chi connectivity index (χ1n) is 13.3. The third-order valence-corrected chi connectivity index (χ3v) is 7.18. The van der Waals surface area contributed by atoms with Gasteiger partial charge in [-0.3, -0.25) is 4.98 Å². The number of nitrogens with one attached hydrogen (secondary N) is 4. The van der Waals surface area contributed by atoms with Gasteiger partial charge in [0.2, 0.25) is 0 Å². The molecule has 0 radical (unpaired) electrons. The molecule has 0 amide bonds. The van der Waals surface area contributed by atoms with Gasteiger partial charge in [-0.1, -0.05) is 49.7 Å². The van der Waals surface area contributed by atoms with Crippen LogP contribution >= 0.6 is 0 Å². The number of benzene rings is 2. The highest BCUT2D eigenvalue weighted by molar-refractivity contribution is 6.02. The first-order valence-corrected chi connectivity index (χ1v) is 13.3. The lowest BCUT2D eigenvalue weighted by Gasteiger charge is -2.11. The quantitative estimate of drug-likeness (QED) is 0.190. The van der Waals surface area contributed by atoms with Gasteiger partial charge in [-0.25, -0.2) is 9.97 Å². The molecular weight excluding hydrogens is 458 g/mol. The van der Waals surface area contributed by atoms with Gasteiger partial charge in [-0.15, -0.1) is 0 Å². The van der Waals surface area contributed by atoms with Crippen LogP contribution < -0.4 is 10.6 Å². The van der Waals surface area contributed by atoms with Gasteiger partial charge in [-0.05, 0) is 61.2 Å². The summed E-state index contributed by atoms with van der Waals surface area (Å²) in [6.07, 6.45) is 10.4. The van der Waals surface area contributed by atoms with E-state index < -0.39 is 0 Å². The second-order valence-corrected chi connectivity index (χ2v) is 9.74. The number of aromatic nitrogens is 5. The van der Waals surface area contributed by atoms with Gasteiger partial charge in [-0.2, -0.15) is 0 Å². The Morgan fingerprint density at radius 2 is 1.73 bits per heavy atom. The van der Waals surface area contributed by atoms with Crippen LogP contribution in [0, 0.1) is 0 Å². The van der Waals surface area contributed by atoms with Crippen molar-refractivity contribution in [3.63, 3.8) is 0 Å². The van der Waals surface area contributed by atoms with Crippen molar-refractivity contribution in [3.8, 4) is 33.6 Å². The van der Waals surface area contributed by atoms with Crippen LogP contribution in [0.15, 0.2) is 67.1 Å². The van der Waals surface area contributed by atoms with Crippen molar-refractivity contribution >= 4 is 10.9 Å². The highest BCUT2D eigenvalue weighted by atomic mass is 15.0. The number of H-pyrrole nitrogens is 2. The molecule has 0 aliphatic carbocycles. The van der Waals surface area contributed by atoms with Crippen LogP contribution in [0.1, 0.15) is 50.3 Å². The van der Waals surface area contributed by atoms with Crippen molar-refractivity contribution in [1.29, 1.82) is 0 Å². The molecule has 2 aromatic carbocycles. The predicted molar refractivity (Wildman–Crippen MR) is 149 cm³/mol. The van der Waals surface area contributed by atoms with Crippen molar-refractivity contribution in [3.05, 3.63) is 78.8 Å². The third kappa shape index (κ3) is 4.92. The van der Waals surface area contributed by atoms with Crippen molar-refractivity contribution in [1.82, 2.24) is 35.6 Å². The van der Waals surface area contributed by atoms with E-state index in [2.05, 4.69) is 80.0 Å². The number of fused-ring (bicyclic) bond motifs is 1. The molecule has 1 unspecified atom stereocenters. The zero-order valence-electron chi connectivity index (χ0n) is 21.2. The minimum absolute atomic E-state index is 0.341. The third-order valence-electron chi connectivity index (χ3n) is 7.18. The van der Waals surface area contributed by atoms with Crippen molar-refractivity contribution < 1.29 is 0 Å². The Kier molecular flexibility index (Phi) is 6.80. The molecule has 1 aliphatic rings. The van der Waals surface area contributed by atoms with Crippen molar-refractivity contribution in [2.45, 2.75) is 45.2 Å². The fourth-order valence-electron chi connectivity index (χ4n) is 5.15. The molecular formula is C30H33N7. The molecule has 3 aromatic heterocycles. The van der Waals surface area contributed by atoms with E-state index in [1.165, 1.54) is 24.8 Å². The summed E-state index contributed by atoms with van der Waals surface area (Å²) < 4.78 is 0. The van der Waals surface area contributed by atoms with E-state index in [4.69, 9.17) is 4.98 Å². The lowest BCUT2D eigenvalue weighted by Crippen LogP contribution is -2.15. The van der Waals surface area contributed by atoms with Gasteiger partial charge in [0.1, 0.15) is 11.6 Å². The molecule has 1 fully saturated rings. The van der Waals surface area contributed by atoms with Crippen LogP contribution in [0.4, 0.5) is 0 Å². The molecule has 4 N–H and O–H groups in total. The van der Waals surface area contributed by atoms with Crippen LogP contribution in [-0.2, 0) is 6.54 Å². The Morgan fingerprint density at radius 1 is 0.892 bits per heavy atom. The van der Waals surface area contributed by atoms with Gasteiger partial charge in [0.25, 0.3) is 0 Å². The molecule has 0 bridgehead atoms. The maximum Gasteiger partial charge on any atom is 0.123 e. The molecule has 0 spiro atoms. The van der Waals surface area contributed by atoms with Crippen LogP contribution in [0.2, 0.25) is 0 Å². The average molecular weight is 492 g/mol. The summed E-state index contributed by atoms with van der Waals surface area (Å²) in [5.41, 5.74) is 7.54. The molecule has 4 heterocycles. The summed E-state index contributed by atoms with van der Waals surface area (Å²) in [5, 5.41) is 8.08. The topological polar surface area (TPSA) is 94.3 Å². The van der Waals surface area contributed by atoms with Crippen LogP contribution in [0.3, 0.4) is 0 Å². The molecule has 7 nitrogen and oxygen atoms in total. The predicted octanol–water partition coefficient (Wildman–Crippen LogP) is 6.00. The SMILES string of the molecule is CCCCNCc1ncc(-c2ccc(-c3ccc(-c4cnc(C5CCCN5)[nH]4)cc3)c3cccnc23)[nH]1. The molecule has 5 aromatic rings. The average Bonchev–Trinajstić information content (AvgIpc) is 3.73. The summed E-state index contributed by atoms with van der Waals surface area (Å²) >= 11 is 0. The van der Waals surface area contributed by atoms with E-state index in [0.29, 0.717) is 6.04 Å². The fraction of sp³-hybridized carbons (Fsp3) is 0.300. The minimum atomic E-state index is 0.341. The van der Waals surface area contributed by atoms with E-state index in [-0.39, 0.29) is 0 Å². The normalized spacial score (nSPS) is 15.5. The van der Waals surface area contributed by atoms with Crippen LogP contribution in [0.25, 0.3) is 44.5 Å². The largest absolute Gasteiger partial charge is 0.341 e. The van der Waals surface area contributed by atoms with Gasteiger partial charge >= 0.3 is 0 Å². The van der Waals surface area contributed by atoms with Gasteiger partial charge in [0.15, 0.2) is 0 Å². The van der Waals surface area contributed by atoms with Gasteiger partial charge in [0, 0.05) is 17.1 Å². The summed E-state index contributed by atoms with van der Waals surface area (Å²) in [7, 11) is 0. The number of hydrogen-bond donors (Lipinski definition) is 4. The molecule has 1 atom stereocenters. The first-order chi connectivity index (χ1) is 18.3. The van der Waals surface area contributed by atoms with Crippen LogP contribution in [-0.4, -0.2) is 38.0 Å². The fourth-order valence-corrected chi connectivity index (χ4v) is 5.15. The van der Waals surface area contributed by atoms with Crippen molar-refractivity contribution in [2.24, 2.45) is 0 Å². The number of hydrogen-bond acceptors (Lipinski definition) is 5. The summed E-state index contributed by atoms with van der Waals surface area (Å²) in [4.78, 5) is 21.0. The highest BCUT2D eigenvalue weighted by Crippen LogP contribution is 2.35. The maximum absolute atomic E-state index is 4.76. The van der Waals surface area contributed by atoms with E-state index >= 15 is 0 Å². The number of unbranched alkanes of at least 4 members (excludes halogenated alkanes) is 1. The maximum atomic E-state index is 4.76. The number of pyridine rings is 1. The van der Waals surface area contributed by atoms with E-state index in [9.17, 15) is 0 Å². The van der Waals surface area contributed by atoms with Gasteiger partial charge in [0.05, 0.1) is 41.9 Å². The molecule has 6 rings (SSSR count). The Morgan fingerprint density at radius 3 is 2.57 bits per heavy atom. The minimum Gasteiger partial charge on any atom is -0.341 e. The lowest BCUT2D eigenvalue weighted by atomic mass is 9.96. The Labute approximate surface area is 217 Å².